The van der Waals surface area contributed by atoms with Gasteiger partial charge in [0.2, 0.25) is 5.91 Å². The van der Waals surface area contributed by atoms with Gasteiger partial charge in [-0.05, 0) is 19.1 Å². The first-order valence-electron chi connectivity index (χ1n) is 6.34. The van der Waals surface area contributed by atoms with Crippen LogP contribution in [0.4, 0.5) is 5.13 Å². The van der Waals surface area contributed by atoms with Crippen molar-refractivity contribution < 1.29 is 4.79 Å². The van der Waals surface area contributed by atoms with Crippen molar-refractivity contribution in [3.05, 3.63) is 33.6 Å². The summed E-state index contributed by atoms with van der Waals surface area (Å²) in [4.78, 5) is 19.3. The van der Waals surface area contributed by atoms with Crippen LogP contribution in [0.2, 0.25) is 0 Å². The van der Waals surface area contributed by atoms with E-state index in [4.69, 9.17) is 5.73 Å². The minimum Gasteiger partial charge on any atom is -0.326 e. The number of thiazole rings is 1. The number of aryl methyl sites for hydroxylation is 1. The molecule has 1 aliphatic heterocycles. The number of hydrogen-bond acceptors (Lipinski definition) is 4. The molecule has 0 radical (unpaired) electrons. The van der Waals surface area contributed by atoms with Gasteiger partial charge >= 0.3 is 0 Å². The van der Waals surface area contributed by atoms with Crippen molar-refractivity contribution >= 4 is 38.3 Å². The molecule has 2 aromatic rings. The van der Waals surface area contributed by atoms with E-state index in [-0.39, 0.29) is 11.9 Å². The maximum Gasteiger partial charge on any atom is 0.230 e. The lowest BCUT2D eigenvalue weighted by atomic mass is 10.1. The van der Waals surface area contributed by atoms with E-state index in [1.807, 2.05) is 31.2 Å². The van der Waals surface area contributed by atoms with Crippen molar-refractivity contribution in [3.63, 3.8) is 0 Å². The molecule has 1 fully saturated rings. The molecule has 0 spiro atoms. The summed E-state index contributed by atoms with van der Waals surface area (Å²) in [6.07, 6.45) is 0.409. The molecule has 2 heterocycles. The van der Waals surface area contributed by atoms with Crippen LogP contribution in [-0.2, 0) is 4.79 Å². The summed E-state index contributed by atoms with van der Waals surface area (Å²) < 4.78 is 1.04. The first-order chi connectivity index (χ1) is 9.54. The number of amides is 1. The minimum absolute atomic E-state index is 0.0635. The van der Waals surface area contributed by atoms with Crippen LogP contribution in [-0.4, -0.2) is 23.5 Å². The van der Waals surface area contributed by atoms with E-state index >= 15 is 0 Å². The third kappa shape index (κ3) is 2.51. The topological polar surface area (TPSA) is 59.2 Å². The van der Waals surface area contributed by atoms with Gasteiger partial charge in [0.25, 0.3) is 0 Å². The molecule has 0 saturated carbocycles. The number of nitrogens with zero attached hydrogens (tertiary/aromatic N) is 2. The van der Waals surface area contributed by atoms with Crippen LogP contribution in [0.15, 0.2) is 28.7 Å². The van der Waals surface area contributed by atoms with Crippen LogP contribution >= 0.6 is 27.3 Å². The molecule has 3 rings (SSSR count). The van der Waals surface area contributed by atoms with Gasteiger partial charge in [-0.2, -0.15) is 0 Å². The summed E-state index contributed by atoms with van der Waals surface area (Å²) in [7, 11) is 0. The summed E-state index contributed by atoms with van der Waals surface area (Å²) in [5.74, 6) is 0.0635. The van der Waals surface area contributed by atoms with Crippen molar-refractivity contribution in [3.8, 4) is 11.3 Å². The Bertz CT molecular complexity index is 653. The highest BCUT2D eigenvalue weighted by Crippen LogP contribution is 2.34. The summed E-state index contributed by atoms with van der Waals surface area (Å²) in [6.45, 7) is 2.59. The third-order valence-corrected chi connectivity index (χ3v) is 4.81. The van der Waals surface area contributed by atoms with Crippen molar-refractivity contribution in [2.75, 3.05) is 11.4 Å². The zero-order valence-corrected chi connectivity index (χ0v) is 13.4. The van der Waals surface area contributed by atoms with Gasteiger partial charge in [-0.1, -0.05) is 28.1 Å². The molecule has 1 amide bonds. The SMILES string of the molecule is Cc1sc(N2CC(N)CC2=O)nc1-c1ccc(Br)cc1. The molecule has 0 bridgehead atoms. The summed E-state index contributed by atoms with van der Waals surface area (Å²) in [5.41, 5.74) is 7.83. The van der Waals surface area contributed by atoms with Gasteiger partial charge in [-0.3, -0.25) is 9.69 Å². The summed E-state index contributed by atoms with van der Waals surface area (Å²) >= 11 is 4.97. The van der Waals surface area contributed by atoms with E-state index in [1.165, 1.54) is 0 Å². The van der Waals surface area contributed by atoms with E-state index in [0.29, 0.717) is 13.0 Å². The van der Waals surface area contributed by atoms with Crippen LogP contribution in [0.25, 0.3) is 11.3 Å². The Morgan fingerprint density at radius 1 is 1.40 bits per heavy atom. The van der Waals surface area contributed by atoms with Crippen LogP contribution < -0.4 is 10.6 Å². The number of hydrogen-bond donors (Lipinski definition) is 1. The number of benzene rings is 1. The molecule has 1 saturated heterocycles. The van der Waals surface area contributed by atoms with Gasteiger partial charge in [-0.15, -0.1) is 11.3 Å². The average molecular weight is 352 g/mol. The monoisotopic (exact) mass is 351 g/mol. The fraction of sp³-hybridized carbons (Fsp3) is 0.286. The van der Waals surface area contributed by atoms with Crippen molar-refractivity contribution in [2.24, 2.45) is 5.73 Å². The van der Waals surface area contributed by atoms with Crippen LogP contribution in [0, 0.1) is 6.92 Å². The van der Waals surface area contributed by atoms with Crippen LogP contribution in [0.5, 0.6) is 0 Å². The Hall–Kier alpha value is -1.24. The molecule has 1 aliphatic rings. The van der Waals surface area contributed by atoms with Gasteiger partial charge < -0.3 is 5.73 Å². The van der Waals surface area contributed by atoms with E-state index in [2.05, 4.69) is 20.9 Å². The normalized spacial score (nSPS) is 18.9. The van der Waals surface area contributed by atoms with Crippen molar-refractivity contribution in [1.82, 2.24) is 4.98 Å². The lowest BCUT2D eigenvalue weighted by Crippen LogP contribution is -2.27. The summed E-state index contributed by atoms with van der Waals surface area (Å²) in [5, 5.41) is 0.748. The molecule has 20 heavy (non-hydrogen) atoms. The second-order valence-electron chi connectivity index (χ2n) is 4.88. The van der Waals surface area contributed by atoms with Gasteiger partial charge in [0.15, 0.2) is 5.13 Å². The van der Waals surface area contributed by atoms with Gasteiger partial charge in [0, 0.05) is 33.9 Å². The van der Waals surface area contributed by atoms with Crippen molar-refractivity contribution in [2.45, 2.75) is 19.4 Å². The maximum absolute atomic E-state index is 11.9. The Balaban J connectivity index is 1.95. The Morgan fingerprint density at radius 2 is 2.10 bits per heavy atom. The molecule has 4 nitrogen and oxygen atoms in total. The van der Waals surface area contributed by atoms with Gasteiger partial charge in [0.05, 0.1) is 5.69 Å². The molecule has 1 unspecified atom stereocenters. The van der Waals surface area contributed by atoms with E-state index in [0.717, 1.165) is 25.7 Å². The zero-order chi connectivity index (χ0) is 14.3. The smallest absolute Gasteiger partial charge is 0.230 e. The van der Waals surface area contributed by atoms with E-state index < -0.39 is 0 Å². The zero-order valence-electron chi connectivity index (χ0n) is 11.0. The highest BCUT2D eigenvalue weighted by atomic mass is 79.9. The second-order valence-corrected chi connectivity index (χ2v) is 6.97. The minimum atomic E-state index is -0.0807. The molecule has 104 valence electrons. The Morgan fingerprint density at radius 3 is 2.70 bits per heavy atom. The maximum atomic E-state index is 11.9. The highest BCUT2D eigenvalue weighted by molar-refractivity contribution is 9.10. The molecule has 2 N–H and O–H groups in total. The average Bonchev–Trinajstić information content (AvgIpc) is 2.93. The Kier molecular flexibility index (Phi) is 3.62. The van der Waals surface area contributed by atoms with E-state index in [9.17, 15) is 4.79 Å². The first kappa shape index (κ1) is 13.7. The third-order valence-electron chi connectivity index (χ3n) is 3.29. The van der Waals surface area contributed by atoms with E-state index in [1.54, 1.807) is 16.2 Å². The number of nitrogens with two attached hydrogens (primary N) is 1. The molecule has 1 aromatic carbocycles. The quantitative estimate of drug-likeness (QED) is 0.904. The molecule has 1 atom stereocenters. The van der Waals surface area contributed by atoms with Crippen molar-refractivity contribution in [1.29, 1.82) is 0 Å². The van der Waals surface area contributed by atoms with Crippen LogP contribution in [0.3, 0.4) is 0 Å². The van der Waals surface area contributed by atoms with Crippen LogP contribution in [0.1, 0.15) is 11.3 Å². The lowest BCUT2D eigenvalue weighted by Gasteiger charge is -2.11. The predicted molar refractivity (Wildman–Crippen MR) is 84.9 cm³/mol. The van der Waals surface area contributed by atoms with Gasteiger partial charge in [0.1, 0.15) is 0 Å². The molecular weight excluding hydrogens is 338 g/mol. The standard InChI is InChI=1S/C14H14BrN3OS/c1-8-13(9-2-4-10(15)5-3-9)17-14(20-8)18-7-11(16)6-12(18)19/h2-5,11H,6-7,16H2,1H3. The summed E-state index contributed by atoms with van der Waals surface area (Å²) in [6, 6.07) is 7.94. The number of carbonyl (C=O) groups is 1. The number of halogens is 1. The number of anilines is 1. The fourth-order valence-corrected chi connectivity index (χ4v) is 3.52. The fourth-order valence-electron chi connectivity index (χ4n) is 2.29. The number of rotatable bonds is 2. The predicted octanol–water partition coefficient (Wildman–Crippen LogP) is 2.95. The highest BCUT2D eigenvalue weighted by Gasteiger charge is 2.30. The Labute approximate surface area is 129 Å². The molecule has 6 heteroatoms. The second kappa shape index (κ2) is 5.27. The number of carbonyl (C=O) groups excluding carboxylic acids is 1. The largest absolute Gasteiger partial charge is 0.326 e. The molecule has 1 aromatic heterocycles. The number of aromatic nitrogens is 1. The van der Waals surface area contributed by atoms with Gasteiger partial charge in [-0.25, -0.2) is 4.98 Å². The molecule has 0 aliphatic carbocycles. The molecular formula is C14H14BrN3OS. The lowest BCUT2D eigenvalue weighted by molar-refractivity contribution is -0.117. The first-order valence-corrected chi connectivity index (χ1v) is 7.95.